The Kier molecular flexibility index (Phi) is 8.81. The molecule has 39 heavy (non-hydrogen) atoms. The fourth-order valence-electron chi connectivity index (χ4n) is 4.86. The number of morpholine rings is 1. The number of ether oxygens (including phenoxy) is 2. The summed E-state index contributed by atoms with van der Waals surface area (Å²) in [6.45, 7) is 7.91. The zero-order valence-corrected chi connectivity index (χ0v) is 23.2. The lowest BCUT2D eigenvalue weighted by molar-refractivity contribution is 0.0333. The van der Waals surface area contributed by atoms with E-state index in [0.29, 0.717) is 17.2 Å². The van der Waals surface area contributed by atoms with E-state index >= 15 is 0 Å². The van der Waals surface area contributed by atoms with Gasteiger partial charge in [-0.3, -0.25) is 9.69 Å². The van der Waals surface area contributed by atoms with Gasteiger partial charge in [-0.05, 0) is 61.7 Å². The van der Waals surface area contributed by atoms with Crippen LogP contribution in [-0.2, 0) is 11.2 Å². The van der Waals surface area contributed by atoms with Gasteiger partial charge in [-0.15, -0.1) is 11.6 Å². The van der Waals surface area contributed by atoms with E-state index in [4.69, 9.17) is 26.1 Å². The molecular weight excluding hydrogens is 512 g/mol. The number of aryl methyl sites for hydroxylation is 1. The highest BCUT2D eigenvalue weighted by Gasteiger charge is 2.20. The number of hydrogen-bond donors (Lipinski definition) is 1. The van der Waals surface area contributed by atoms with Crippen LogP contribution < -0.4 is 10.1 Å². The van der Waals surface area contributed by atoms with Crippen LogP contribution in [0.15, 0.2) is 73.1 Å². The highest BCUT2D eigenvalue weighted by Crippen LogP contribution is 2.22. The molecule has 1 N–H and O–H groups in total. The van der Waals surface area contributed by atoms with Crippen LogP contribution in [0.4, 0.5) is 0 Å². The molecule has 0 saturated carbocycles. The third kappa shape index (κ3) is 6.98. The molecule has 5 rings (SSSR count). The van der Waals surface area contributed by atoms with Crippen molar-refractivity contribution in [2.45, 2.75) is 32.4 Å². The number of hydrogen-bond acceptors (Lipinski definition) is 5. The van der Waals surface area contributed by atoms with Crippen molar-refractivity contribution in [3.05, 3.63) is 89.7 Å². The minimum atomic E-state index is -0.0955. The molecule has 1 aliphatic rings. The summed E-state index contributed by atoms with van der Waals surface area (Å²) in [4.78, 5) is 20.4. The molecule has 1 fully saturated rings. The van der Waals surface area contributed by atoms with Crippen LogP contribution in [0.5, 0.6) is 5.75 Å². The smallest absolute Gasteiger partial charge is 0.251 e. The number of carbonyl (C=O) groups is 1. The standard InChI is InChI=1S/C31H35ClN4O3/c1-22-4-3-13-36-21-29(34-30(22)36)25-7-5-24(6-8-25)18-27(20-35-14-16-38-17-15-35)33-31(37)26-9-11-28(12-10-26)39-23(2)19-32/h3-13,21,23,27H,14-20H2,1-2H3,(H,33,37)/t23?,27-/m0/s1. The van der Waals surface area contributed by atoms with Gasteiger partial charge >= 0.3 is 0 Å². The van der Waals surface area contributed by atoms with Crippen LogP contribution >= 0.6 is 11.6 Å². The Morgan fingerprint density at radius 1 is 1.10 bits per heavy atom. The van der Waals surface area contributed by atoms with Crippen LogP contribution in [0, 0.1) is 6.92 Å². The Bertz CT molecular complexity index is 1380. The summed E-state index contributed by atoms with van der Waals surface area (Å²) in [5.74, 6) is 1.01. The third-order valence-corrected chi connectivity index (χ3v) is 7.43. The van der Waals surface area contributed by atoms with Gasteiger partial charge in [-0.2, -0.15) is 0 Å². The van der Waals surface area contributed by atoms with E-state index in [-0.39, 0.29) is 18.1 Å². The highest BCUT2D eigenvalue weighted by atomic mass is 35.5. The maximum Gasteiger partial charge on any atom is 0.251 e. The SMILES string of the molecule is Cc1cccn2cc(-c3ccc(C[C@@H](CN4CCOCC4)NC(=O)c4ccc(OC(C)CCl)cc4)cc3)nc12. The highest BCUT2D eigenvalue weighted by molar-refractivity contribution is 6.18. The largest absolute Gasteiger partial charge is 0.489 e. The zero-order valence-electron chi connectivity index (χ0n) is 22.5. The van der Waals surface area contributed by atoms with E-state index in [2.05, 4.69) is 58.1 Å². The number of amides is 1. The van der Waals surface area contributed by atoms with E-state index in [1.807, 2.05) is 31.3 Å². The number of rotatable bonds is 10. The topological polar surface area (TPSA) is 68.1 Å². The molecule has 7 nitrogen and oxygen atoms in total. The number of alkyl halides is 1. The Morgan fingerprint density at radius 3 is 2.54 bits per heavy atom. The maximum atomic E-state index is 13.2. The summed E-state index contributed by atoms with van der Waals surface area (Å²) in [6.07, 6.45) is 4.72. The van der Waals surface area contributed by atoms with Crippen molar-refractivity contribution in [3.8, 4) is 17.0 Å². The Morgan fingerprint density at radius 2 is 1.85 bits per heavy atom. The summed E-state index contributed by atoms with van der Waals surface area (Å²) < 4.78 is 13.3. The third-order valence-electron chi connectivity index (χ3n) is 7.00. The second kappa shape index (κ2) is 12.6. The number of nitrogens with one attached hydrogen (secondary N) is 1. The van der Waals surface area contributed by atoms with Gasteiger partial charge in [-0.1, -0.05) is 30.3 Å². The first-order chi connectivity index (χ1) is 19.0. The summed E-state index contributed by atoms with van der Waals surface area (Å²) in [5.41, 5.74) is 5.90. The Labute approximate surface area is 234 Å². The first kappa shape index (κ1) is 27.2. The molecule has 0 bridgehead atoms. The molecule has 1 aliphatic heterocycles. The fourth-order valence-corrected chi connectivity index (χ4v) is 4.93. The van der Waals surface area contributed by atoms with Crippen molar-refractivity contribution in [2.75, 3.05) is 38.7 Å². The van der Waals surface area contributed by atoms with Gasteiger partial charge in [0.25, 0.3) is 5.91 Å². The average molecular weight is 547 g/mol. The number of fused-ring (bicyclic) bond motifs is 1. The van der Waals surface area contributed by atoms with Crippen LogP contribution in [0.25, 0.3) is 16.9 Å². The molecule has 8 heteroatoms. The molecule has 3 heterocycles. The molecule has 1 saturated heterocycles. The average Bonchev–Trinajstić information content (AvgIpc) is 3.40. The lowest BCUT2D eigenvalue weighted by Gasteiger charge is -2.31. The molecule has 0 radical (unpaired) electrons. The van der Waals surface area contributed by atoms with Gasteiger partial charge in [-0.25, -0.2) is 4.98 Å². The summed E-state index contributed by atoms with van der Waals surface area (Å²) in [7, 11) is 0. The number of halogens is 1. The van der Waals surface area contributed by atoms with Gasteiger partial charge in [0.2, 0.25) is 0 Å². The molecule has 1 unspecified atom stereocenters. The Hall–Kier alpha value is -3.39. The number of benzene rings is 2. The number of pyridine rings is 1. The number of nitrogens with zero attached hydrogens (tertiary/aromatic N) is 3. The van der Waals surface area contributed by atoms with Crippen molar-refractivity contribution in [1.29, 1.82) is 0 Å². The molecule has 4 aromatic rings. The van der Waals surface area contributed by atoms with Crippen LogP contribution in [-0.4, -0.2) is 71.1 Å². The normalized spacial score (nSPS) is 15.7. The predicted octanol–water partition coefficient (Wildman–Crippen LogP) is 4.99. The van der Waals surface area contributed by atoms with E-state index in [9.17, 15) is 4.79 Å². The van der Waals surface area contributed by atoms with Crippen molar-refractivity contribution < 1.29 is 14.3 Å². The second-order valence-electron chi connectivity index (χ2n) is 10.1. The van der Waals surface area contributed by atoms with E-state index in [0.717, 1.165) is 67.3 Å². The van der Waals surface area contributed by atoms with Gasteiger partial charge in [0.05, 0.1) is 24.8 Å². The fraction of sp³-hybridized carbons (Fsp3) is 0.355. The monoisotopic (exact) mass is 546 g/mol. The molecule has 1 amide bonds. The number of aromatic nitrogens is 2. The lowest BCUT2D eigenvalue weighted by Crippen LogP contribution is -2.48. The first-order valence-corrected chi connectivity index (χ1v) is 14.0. The van der Waals surface area contributed by atoms with E-state index < -0.39 is 0 Å². The van der Waals surface area contributed by atoms with E-state index in [1.165, 1.54) is 0 Å². The predicted molar refractivity (Wildman–Crippen MR) is 155 cm³/mol. The van der Waals surface area contributed by atoms with E-state index in [1.54, 1.807) is 12.1 Å². The molecule has 2 aromatic carbocycles. The first-order valence-electron chi connectivity index (χ1n) is 13.5. The van der Waals surface area contributed by atoms with Crippen molar-refractivity contribution in [3.63, 3.8) is 0 Å². The van der Waals surface area contributed by atoms with Crippen molar-refractivity contribution in [2.24, 2.45) is 0 Å². The molecular formula is C31H35ClN4O3. The molecule has 2 atom stereocenters. The number of imidazole rings is 1. The summed E-state index contributed by atoms with van der Waals surface area (Å²) in [5, 5.41) is 3.27. The van der Waals surface area contributed by atoms with Gasteiger partial charge in [0.15, 0.2) is 0 Å². The van der Waals surface area contributed by atoms with Gasteiger partial charge < -0.3 is 19.2 Å². The lowest BCUT2D eigenvalue weighted by atomic mass is 10.0. The van der Waals surface area contributed by atoms with Crippen molar-refractivity contribution >= 4 is 23.2 Å². The summed E-state index contributed by atoms with van der Waals surface area (Å²) >= 11 is 5.84. The molecule has 0 spiro atoms. The number of carbonyl (C=O) groups excluding carboxylic acids is 1. The molecule has 2 aromatic heterocycles. The van der Waals surface area contributed by atoms with Gasteiger partial charge in [0.1, 0.15) is 17.5 Å². The van der Waals surface area contributed by atoms with Crippen LogP contribution in [0.2, 0.25) is 0 Å². The minimum absolute atomic E-state index is 0.0495. The quantitative estimate of drug-likeness (QED) is 0.284. The zero-order chi connectivity index (χ0) is 27.2. The minimum Gasteiger partial charge on any atom is -0.489 e. The Balaban J connectivity index is 1.28. The van der Waals surface area contributed by atoms with Gasteiger partial charge in [0, 0.05) is 49.2 Å². The van der Waals surface area contributed by atoms with Crippen LogP contribution in [0.3, 0.4) is 0 Å². The molecule has 0 aliphatic carbocycles. The van der Waals surface area contributed by atoms with Crippen LogP contribution in [0.1, 0.15) is 28.4 Å². The molecule has 204 valence electrons. The van der Waals surface area contributed by atoms with Crippen molar-refractivity contribution in [1.82, 2.24) is 19.6 Å². The summed E-state index contributed by atoms with van der Waals surface area (Å²) in [6, 6.07) is 19.8. The maximum absolute atomic E-state index is 13.2. The second-order valence-corrected chi connectivity index (χ2v) is 10.4.